The second-order valence-corrected chi connectivity index (χ2v) is 9.61. The predicted molar refractivity (Wildman–Crippen MR) is 111 cm³/mol. The van der Waals surface area contributed by atoms with Crippen molar-refractivity contribution in [3.63, 3.8) is 0 Å². The Morgan fingerprint density at radius 1 is 1.18 bits per heavy atom. The van der Waals surface area contributed by atoms with Crippen LogP contribution < -0.4 is 20.3 Å². The van der Waals surface area contributed by atoms with Crippen molar-refractivity contribution in [2.24, 2.45) is 5.41 Å². The van der Waals surface area contributed by atoms with Crippen LogP contribution in [-0.2, 0) is 10.0 Å². The maximum absolute atomic E-state index is 11.4. The largest absolute Gasteiger partial charge is 0.364 e. The molecule has 1 atom stereocenters. The van der Waals surface area contributed by atoms with Gasteiger partial charge >= 0.3 is 11.6 Å². The zero-order valence-corrected chi connectivity index (χ0v) is 17.4. The molecule has 3 rings (SSSR count). The Bertz CT molecular complexity index is 1090. The molecule has 2 heterocycles. The van der Waals surface area contributed by atoms with Crippen molar-refractivity contribution in [3.8, 4) is 0 Å². The van der Waals surface area contributed by atoms with Crippen LogP contribution in [0.2, 0.25) is 0 Å². The molecule has 0 amide bonds. The molecule has 1 aromatic carbocycles. The van der Waals surface area contributed by atoms with Gasteiger partial charge in [0.25, 0.3) is 0 Å². The molecule has 0 bridgehead atoms. The summed E-state index contributed by atoms with van der Waals surface area (Å²) in [5, 5.41) is 6.58. The highest BCUT2D eigenvalue weighted by molar-refractivity contribution is 7.92. The molecule has 0 aliphatic carbocycles. The number of aromatic amines is 2. The molecule has 2 aromatic heterocycles. The van der Waals surface area contributed by atoms with Crippen molar-refractivity contribution in [1.29, 1.82) is 0 Å². The van der Waals surface area contributed by atoms with Gasteiger partial charge in [-0.15, -0.1) is 0 Å². The fourth-order valence-electron chi connectivity index (χ4n) is 2.46. The highest BCUT2D eigenvalue weighted by atomic mass is 32.2. The Kier molecular flexibility index (Phi) is 5.16. The zero-order valence-electron chi connectivity index (χ0n) is 16.6. The van der Waals surface area contributed by atoms with Crippen LogP contribution >= 0.6 is 0 Å². The minimum Gasteiger partial charge on any atom is -0.364 e. The van der Waals surface area contributed by atoms with Crippen LogP contribution in [0.25, 0.3) is 11.2 Å². The van der Waals surface area contributed by atoms with Crippen LogP contribution in [0.4, 0.5) is 23.1 Å². The molecule has 0 aliphatic rings. The molecule has 0 saturated carbocycles. The molecule has 0 saturated heterocycles. The summed E-state index contributed by atoms with van der Waals surface area (Å²) in [6.45, 7) is 8.57. The number of anilines is 4. The molecule has 0 aliphatic heterocycles. The summed E-state index contributed by atoms with van der Waals surface area (Å²) in [6, 6.07) is 7.09. The average Bonchev–Trinajstić information content (AvgIpc) is 3.01. The number of aromatic nitrogens is 4. The van der Waals surface area contributed by atoms with Crippen molar-refractivity contribution < 1.29 is 13.4 Å². The second-order valence-electron chi connectivity index (χ2n) is 7.86. The van der Waals surface area contributed by atoms with Crippen LogP contribution in [0.15, 0.2) is 30.6 Å². The number of H-pyrrole nitrogens is 2. The van der Waals surface area contributed by atoms with Gasteiger partial charge in [0, 0.05) is 11.7 Å². The van der Waals surface area contributed by atoms with E-state index >= 15 is 0 Å². The molecule has 9 nitrogen and oxygen atoms in total. The molecule has 0 unspecified atom stereocenters. The van der Waals surface area contributed by atoms with Crippen molar-refractivity contribution in [1.82, 2.24) is 15.0 Å². The minimum absolute atomic E-state index is 0.0484. The number of fused-ring (bicyclic) bond motifs is 1. The summed E-state index contributed by atoms with van der Waals surface area (Å²) in [5.41, 5.74) is 2.62. The Labute approximate surface area is 164 Å². The fraction of sp³-hybridized carbons (Fsp3) is 0.389. The van der Waals surface area contributed by atoms with Crippen molar-refractivity contribution in [2.75, 3.05) is 21.6 Å². The number of sulfonamides is 1. The lowest BCUT2D eigenvalue weighted by molar-refractivity contribution is -0.347. The third kappa shape index (κ3) is 4.89. The second kappa shape index (κ2) is 7.27. The van der Waals surface area contributed by atoms with E-state index in [0.717, 1.165) is 11.8 Å². The number of hydrogen-bond acceptors (Lipinski definition) is 6. The summed E-state index contributed by atoms with van der Waals surface area (Å²) in [4.78, 5) is 15.3. The van der Waals surface area contributed by atoms with Gasteiger partial charge < -0.3 is 10.6 Å². The molecular formula is C18H26N7O2S+. The lowest BCUT2D eigenvalue weighted by atomic mass is 9.88. The molecule has 150 valence electrons. The van der Waals surface area contributed by atoms with Gasteiger partial charge in [0.05, 0.1) is 11.9 Å². The Balaban J connectivity index is 1.91. The van der Waals surface area contributed by atoms with Gasteiger partial charge in [-0.25, -0.2) is 13.4 Å². The Morgan fingerprint density at radius 3 is 2.57 bits per heavy atom. The van der Waals surface area contributed by atoms with E-state index in [1.165, 1.54) is 0 Å². The van der Waals surface area contributed by atoms with E-state index in [1.807, 2.05) is 6.07 Å². The predicted octanol–water partition coefficient (Wildman–Crippen LogP) is 2.73. The third-order valence-corrected chi connectivity index (χ3v) is 5.02. The topological polar surface area (TPSA) is 126 Å². The monoisotopic (exact) mass is 404 g/mol. The number of hydrogen-bond donors (Lipinski definition) is 4. The fourth-order valence-corrected chi connectivity index (χ4v) is 3.02. The lowest BCUT2D eigenvalue weighted by Gasteiger charge is -2.28. The standard InChI is InChI=1S/C18H25N7O2S/c1-11(18(2,3)4)21-16-14-15(20-10-19-14)23-17(24-16)22-12-7-6-8-13(9-12)25-28(5,26)27/h6-11,25H,1-5H3,(H3,19,20,21,22,23,24)/p+1/t11-/m0/s1. The number of rotatable bonds is 6. The Morgan fingerprint density at radius 2 is 1.89 bits per heavy atom. The number of benzene rings is 1. The maximum Gasteiger partial charge on any atom is 0.307 e. The van der Waals surface area contributed by atoms with Crippen LogP contribution in [0.5, 0.6) is 0 Å². The van der Waals surface area contributed by atoms with Crippen LogP contribution in [0.1, 0.15) is 27.7 Å². The van der Waals surface area contributed by atoms with Crippen LogP contribution in [-0.4, -0.2) is 35.7 Å². The van der Waals surface area contributed by atoms with Crippen LogP contribution in [0, 0.1) is 5.41 Å². The van der Waals surface area contributed by atoms with E-state index in [2.05, 4.69) is 63.0 Å². The van der Waals surface area contributed by atoms with E-state index in [0.29, 0.717) is 28.8 Å². The van der Waals surface area contributed by atoms with Gasteiger partial charge in [0.2, 0.25) is 15.5 Å². The molecule has 10 heteroatoms. The van der Waals surface area contributed by atoms with Crippen molar-refractivity contribution in [3.05, 3.63) is 30.6 Å². The van der Waals surface area contributed by atoms with Gasteiger partial charge in [-0.05, 0) is 30.5 Å². The van der Waals surface area contributed by atoms with E-state index < -0.39 is 10.0 Å². The van der Waals surface area contributed by atoms with Gasteiger partial charge in [0.15, 0.2) is 12.1 Å². The van der Waals surface area contributed by atoms with E-state index in [4.69, 9.17) is 0 Å². The number of imidazole rings is 1. The maximum atomic E-state index is 11.4. The first-order chi connectivity index (χ1) is 13.0. The van der Waals surface area contributed by atoms with Crippen molar-refractivity contribution in [2.45, 2.75) is 33.7 Å². The van der Waals surface area contributed by atoms with Gasteiger partial charge in [-0.1, -0.05) is 31.8 Å². The smallest absolute Gasteiger partial charge is 0.307 e. The summed E-state index contributed by atoms with van der Waals surface area (Å²) < 4.78 is 25.3. The van der Waals surface area contributed by atoms with E-state index in [1.54, 1.807) is 24.5 Å². The molecular weight excluding hydrogens is 378 g/mol. The molecule has 3 aromatic rings. The van der Waals surface area contributed by atoms with Gasteiger partial charge in [-0.3, -0.25) is 9.71 Å². The molecule has 0 fully saturated rings. The molecule has 28 heavy (non-hydrogen) atoms. The number of nitrogens with zero attached hydrogens (tertiary/aromatic N) is 2. The first kappa shape index (κ1) is 19.9. The normalized spacial score (nSPS) is 13.3. The number of nitrogens with one attached hydrogen (secondary N) is 5. The first-order valence-electron chi connectivity index (χ1n) is 8.89. The Hall–Kier alpha value is -2.88. The molecule has 0 radical (unpaired) electrons. The van der Waals surface area contributed by atoms with Gasteiger partial charge in [0.1, 0.15) is 0 Å². The SMILES string of the molecule is C[C@H](Nc1nc(Nc2cccc(NS(C)(=O)=O)c2)nc2[nH+]c[nH]c12)C(C)(C)C. The average molecular weight is 405 g/mol. The molecule has 0 spiro atoms. The summed E-state index contributed by atoms with van der Waals surface area (Å²) >= 11 is 0. The lowest BCUT2D eigenvalue weighted by Crippen LogP contribution is -2.31. The summed E-state index contributed by atoms with van der Waals surface area (Å²) in [6.07, 6.45) is 2.81. The minimum atomic E-state index is -3.35. The summed E-state index contributed by atoms with van der Waals surface area (Å²) in [7, 11) is -3.35. The first-order valence-corrected chi connectivity index (χ1v) is 10.8. The zero-order chi connectivity index (χ0) is 20.5. The van der Waals surface area contributed by atoms with Crippen molar-refractivity contribution >= 4 is 44.3 Å². The van der Waals surface area contributed by atoms with Gasteiger partial charge in [-0.2, -0.15) is 4.98 Å². The van der Waals surface area contributed by atoms with Crippen LogP contribution in [0.3, 0.4) is 0 Å². The highest BCUT2D eigenvalue weighted by Gasteiger charge is 2.23. The summed E-state index contributed by atoms with van der Waals surface area (Å²) in [5.74, 6) is 1.07. The quantitative estimate of drug-likeness (QED) is 0.500. The molecule has 5 N–H and O–H groups in total. The van der Waals surface area contributed by atoms with E-state index in [9.17, 15) is 8.42 Å². The highest BCUT2D eigenvalue weighted by Crippen LogP contribution is 2.26. The third-order valence-electron chi connectivity index (χ3n) is 4.41. The van der Waals surface area contributed by atoms with E-state index in [-0.39, 0.29) is 11.5 Å².